The lowest BCUT2D eigenvalue weighted by Gasteiger charge is -2.32. The van der Waals surface area contributed by atoms with Gasteiger partial charge in [0.25, 0.3) is 0 Å². The summed E-state index contributed by atoms with van der Waals surface area (Å²) >= 11 is 0. The first-order chi connectivity index (χ1) is 14.9. The van der Waals surface area contributed by atoms with Crippen LogP contribution >= 0.6 is 0 Å². The number of pyridine rings is 1. The van der Waals surface area contributed by atoms with Crippen molar-refractivity contribution in [2.75, 3.05) is 6.61 Å². The van der Waals surface area contributed by atoms with E-state index >= 15 is 0 Å². The molecule has 2 fully saturated rings. The Balaban J connectivity index is 1.37. The number of nitriles is 1. The van der Waals surface area contributed by atoms with Crippen molar-refractivity contribution in [3.8, 4) is 6.07 Å². The fourth-order valence-electron chi connectivity index (χ4n) is 4.68. The van der Waals surface area contributed by atoms with Crippen molar-refractivity contribution in [3.63, 3.8) is 0 Å². The van der Waals surface area contributed by atoms with Gasteiger partial charge in [0, 0.05) is 24.6 Å². The van der Waals surface area contributed by atoms with Crippen LogP contribution < -0.4 is 0 Å². The zero-order chi connectivity index (χ0) is 22.0. The molecule has 2 heterocycles. The summed E-state index contributed by atoms with van der Waals surface area (Å²) in [6.07, 6.45) is 6.49. The van der Waals surface area contributed by atoms with Crippen molar-refractivity contribution in [2.45, 2.75) is 51.5 Å². The molecule has 1 saturated carbocycles. The van der Waals surface area contributed by atoms with Gasteiger partial charge in [-0.2, -0.15) is 5.26 Å². The molecule has 2 aliphatic rings. The predicted octanol–water partition coefficient (Wildman–Crippen LogP) is 4.79. The Morgan fingerprint density at radius 1 is 1.16 bits per heavy atom. The van der Waals surface area contributed by atoms with E-state index in [0.717, 1.165) is 49.4 Å². The first kappa shape index (κ1) is 21.4. The van der Waals surface area contributed by atoms with Gasteiger partial charge in [-0.25, -0.2) is 13.8 Å². The van der Waals surface area contributed by atoms with Crippen LogP contribution in [0.4, 0.5) is 8.78 Å². The van der Waals surface area contributed by atoms with Gasteiger partial charge >= 0.3 is 0 Å². The first-order valence-electron chi connectivity index (χ1n) is 10.7. The number of amides is 1. The average Bonchev–Trinajstić information content (AvgIpc) is 3.24. The van der Waals surface area contributed by atoms with E-state index in [-0.39, 0.29) is 11.8 Å². The van der Waals surface area contributed by atoms with E-state index in [1.165, 1.54) is 17.2 Å². The smallest absolute Gasteiger partial charge is 0.249 e. The third-order valence-electron chi connectivity index (χ3n) is 6.38. The van der Waals surface area contributed by atoms with Crippen LogP contribution in [0.2, 0.25) is 0 Å². The molecule has 4 rings (SSSR count). The maximum Gasteiger partial charge on any atom is 0.249 e. The van der Waals surface area contributed by atoms with Crippen molar-refractivity contribution < 1.29 is 18.4 Å². The van der Waals surface area contributed by atoms with Gasteiger partial charge in [-0.1, -0.05) is 0 Å². The molecular weight excluding hydrogens is 400 g/mol. The zero-order valence-electron chi connectivity index (χ0n) is 17.5. The average molecular weight is 425 g/mol. The first-order valence-corrected chi connectivity index (χ1v) is 10.7. The van der Waals surface area contributed by atoms with E-state index in [0.29, 0.717) is 30.1 Å². The molecular formula is C24H25F2N3O2. The molecule has 1 aliphatic carbocycles. The second kappa shape index (κ2) is 9.11. The zero-order valence-corrected chi connectivity index (χ0v) is 17.5. The van der Waals surface area contributed by atoms with Gasteiger partial charge in [-0.15, -0.1) is 0 Å². The fraction of sp³-hybridized carbons (Fsp3) is 0.458. The summed E-state index contributed by atoms with van der Waals surface area (Å²) in [6, 6.07) is 6.99. The molecule has 0 N–H and O–H groups in total. The standard InChI is InChI=1S/C24H25F2N3O2/c1-15-20(13-27)9-17(14-28-15)8-16-2-4-18(5-3-16)24(30)29-23(6-7-31-29)19-10-21(25)12-22(26)11-19/h9-12,14,16,18,23H,2-8H2,1H3/t16?,18?,23-/m0/s1. The molecule has 0 spiro atoms. The number of aromatic nitrogens is 1. The summed E-state index contributed by atoms with van der Waals surface area (Å²) < 4.78 is 27.3. The van der Waals surface area contributed by atoms with Gasteiger partial charge in [-0.05, 0) is 74.3 Å². The summed E-state index contributed by atoms with van der Waals surface area (Å²) in [5.41, 5.74) is 2.82. The molecule has 2 aromatic rings. The molecule has 162 valence electrons. The summed E-state index contributed by atoms with van der Waals surface area (Å²) in [4.78, 5) is 23.0. The molecule has 1 saturated heterocycles. The lowest BCUT2D eigenvalue weighted by atomic mass is 9.79. The Bertz CT molecular complexity index is 992. The van der Waals surface area contributed by atoms with Crippen LogP contribution in [0.1, 0.15) is 60.5 Å². The quantitative estimate of drug-likeness (QED) is 0.706. The normalized spacial score (nSPS) is 23.5. The van der Waals surface area contributed by atoms with Crippen molar-refractivity contribution in [3.05, 3.63) is 64.5 Å². The highest BCUT2D eigenvalue weighted by Crippen LogP contribution is 2.37. The topological polar surface area (TPSA) is 66.2 Å². The molecule has 1 amide bonds. The number of hydrogen-bond donors (Lipinski definition) is 0. The largest absolute Gasteiger partial charge is 0.272 e. The third-order valence-corrected chi connectivity index (χ3v) is 6.38. The van der Waals surface area contributed by atoms with Crippen molar-refractivity contribution in [1.82, 2.24) is 10.0 Å². The highest BCUT2D eigenvalue weighted by Gasteiger charge is 2.37. The summed E-state index contributed by atoms with van der Waals surface area (Å²) in [7, 11) is 0. The minimum Gasteiger partial charge on any atom is -0.272 e. The molecule has 7 heteroatoms. The molecule has 1 atom stereocenters. The van der Waals surface area contributed by atoms with Crippen LogP contribution in [0.25, 0.3) is 0 Å². The van der Waals surface area contributed by atoms with E-state index in [2.05, 4.69) is 11.1 Å². The molecule has 1 aliphatic heterocycles. The van der Waals surface area contributed by atoms with E-state index in [4.69, 9.17) is 4.84 Å². The lowest BCUT2D eigenvalue weighted by Crippen LogP contribution is -2.36. The third kappa shape index (κ3) is 4.75. The van der Waals surface area contributed by atoms with Gasteiger partial charge in [0.05, 0.1) is 23.9 Å². The molecule has 1 aromatic heterocycles. The van der Waals surface area contributed by atoms with Crippen LogP contribution in [-0.2, 0) is 16.1 Å². The van der Waals surface area contributed by atoms with E-state index in [9.17, 15) is 18.8 Å². The summed E-state index contributed by atoms with van der Waals surface area (Å²) in [6.45, 7) is 2.18. The summed E-state index contributed by atoms with van der Waals surface area (Å²) in [5.74, 6) is -1.12. The van der Waals surface area contributed by atoms with Gasteiger partial charge in [-0.3, -0.25) is 14.6 Å². The summed E-state index contributed by atoms with van der Waals surface area (Å²) in [5, 5.41) is 10.5. The molecule has 0 unspecified atom stereocenters. The minimum absolute atomic E-state index is 0.102. The number of hydroxylamine groups is 2. The van der Waals surface area contributed by atoms with Gasteiger partial charge in [0.15, 0.2) is 0 Å². The van der Waals surface area contributed by atoms with Crippen LogP contribution in [-0.4, -0.2) is 22.6 Å². The second-order valence-corrected chi connectivity index (χ2v) is 8.51. The van der Waals surface area contributed by atoms with E-state index in [1.807, 2.05) is 19.2 Å². The molecule has 31 heavy (non-hydrogen) atoms. The number of nitrogens with zero attached hydrogens (tertiary/aromatic N) is 3. The van der Waals surface area contributed by atoms with Crippen molar-refractivity contribution in [2.24, 2.45) is 11.8 Å². The SMILES string of the molecule is Cc1ncc(CC2CCC(C(=O)N3OCC[C@H]3c3cc(F)cc(F)c3)CC2)cc1C#N. The maximum absolute atomic E-state index is 13.6. The Morgan fingerprint density at radius 2 is 1.87 bits per heavy atom. The number of hydrogen-bond acceptors (Lipinski definition) is 4. The van der Waals surface area contributed by atoms with Gasteiger partial charge < -0.3 is 0 Å². The molecule has 1 aromatic carbocycles. The number of halogens is 2. The second-order valence-electron chi connectivity index (χ2n) is 8.51. The number of benzene rings is 1. The molecule has 0 bridgehead atoms. The van der Waals surface area contributed by atoms with Gasteiger partial charge in [0.2, 0.25) is 5.91 Å². The van der Waals surface area contributed by atoms with Crippen LogP contribution in [0.3, 0.4) is 0 Å². The minimum atomic E-state index is -0.653. The predicted molar refractivity (Wildman–Crippen MR) is 109 cm³/mol. The highest BCUT2D eigenvalue weighted by molar-refractivity contribution is 5.78. The van der Waals surface area contributed by atoms with Crippen LogP contribution in [0, 0.1) is 41.7 Å². The number of carbonyl (C=O) groups is 1. The van der Waals surface area contributed by atoms with Crippen molar-refractivity contribution in [1.29, 1.82) is 5.26 Å². The van der Waals surface area contributed by atoms with Crippen LogP contribution in [0.15, 0.2) is 30.5 Å². The van der Waals surface area contributed by atoms with Crippen LogP contribution in [0.5, 0.6) is 0 Å². The Labute approximate surface area is 180 Å². The number of aryl methyl sites for hydroxylation is 1. The highest BCUT2D eigenvalue weighted by atomic mass is 19.1. The fourth-order valence-corrected chi connectivity index (χ4v) is 4.68. The van der Waals surface area contributed by atoms with E-state index < -0.39 is 17.7 Å². The lowest BCUT2D eigenvalue weighted by molar-refractivity contribution is -0.183. The Morgan fingerprint density at radius 3 is 2.55 bits per heavy atom. The van der Waals surface area contributed by atoms with Crippen molar-refractivity contribution >= 4 is 5.91 Å². The number of rotatable bonds is 4. The number of carbonyl (C=O) groups excluding carboxylic acids is 1. The Kier molecular flexibility index (Phi) is 6.28. The maximum atomic E-state index is 13.6. The molecule has 5 nitrogen and oxygen atoms in total. The molecule has 0 radical (unpaired) electrons. The van der Waals surface area contributed by atoms with Gasteiger partial charge in [0.1, 0.15) is 17.7 Å². The Hall–Kier alpha value is -2.85. The monoisotopic (exact) mass is 425 g/mol. The van der Waals surface area contributed by atoms with E-state index in [1.54, 1.807) is 0 Å².